The molecule has 110 valence electrons. The van der Waals surface area contributed by atoms with Crippen molar-refractivity contribution in [1.29, 1.82) is 0 Å². The first-order valence-corrected chi connectivity index (χ1v) is 7.72. The minimum atomic E-state index is 0.269. The Kier molecular flexibility index (Phi) is 7.14. The van der Waals surface area contributed by atoms with Crippen LogP contribution in [0.25, 0.3) is 0 Å². The van der Waals surface area contributed by atoms with Gasteiger partial charge < -0.3 is 10.2 Å². The van der Waals surface area contributed by atoms with Crippen LogP contribution in [0.4, 0.5) is 0 Å². The van der Waals surface area contributed by atoms with E-state index in [-0.39, 0.29) is 5.91 Å². The van der Waals surface area contributed by atoms with Gasteiger partial charge in [0.1, 0.15) is 0 Å². The minimum absolute atomic E-state index is 0.269. The molecule has 0 aliphatic heterocycles. The van der Waals surface area contributed by atoms with E-state index < -0.39 is 0 Å². The van der Waals surface area contributed by atoms with Crippen LogP contribution in [0.3, 0.4) is 0 Å². The number of carbonyl (C=O) groups is 1. The largest absolute Gasteiger partial charge is 0.343 e. The summed E-state index contributed by atoms with van der Waals surface area (Å²) in [5.74, 6) is 1.71. The van der Waals surface area contributed by atoms with E-state index in [0.29, 0.717) is 12.3 Å². The second kappa shape index (κ2) is 8.36. The van der Waals surface area contributed by atoms with Crippen molar-refractivity contribution < 1.29 is 4.79 Å². The fraction of sp³-hybridized carbons (Fsp3) is 0.812. The Morgan fingerprint density at radius 1 is 1.42 bits per heavy atom. The number of rotatable bonds is 7. The SMILES string of the molecule is CCN(CC)C(=O)CCNCC1CC(C)=CC(C)C1. The Bertz CT molecular complexity index is 308. The first-order chi connectivity index (χ1) is 9.06. The molecular weight excluding hydrogens is 236 g/mol. The molecule has 0 saturated carbocycles. The smallest absolute Gasteiger partial charge is 0.223 e. The average molecular weight is 266 g/mol. The fourth-order valence-electron chi connectivity index (χ4n) is 3.08. The molecule has 0 heterocycles. The van der Waals surface area contributed by atoms with Crippen molar-refractivity contribution in [3.63, 3.8) is 0 Å². The molecule has 0 radical (unpaired) electrons. The highest BCUT2D eigenvalue weighted by Crippen LogP contribution is 2.27. The van der Waals surface area contributed by atoms with Gasteiger partial charge in [-0.15, -0.1) is 0 Å². The van der Waals surface area contributed by atoms with Crippen LogP contribution in [0.2, 0.25) is 0 Å². The zero-order valence-electron chi connectivity index (χ0n) is 13.0. The highest BCUT2D eigenvalue weighted by Gasteiger charge is 2.17. The van der Waals surface area contributed by atoms with Crippen molar-refractivity contribution in [3.8, 4) is 0 Å². The molecule has 1 aliphatic carbocycles. The predicted molar refractivity (Wildman–Crippen MR) is 81.1 cm³/mol. The van der Waals surface area contributed by atoms with Crippen molar-refractivity contribution in [2.45, 2.75) is 47.0 Å². The molecule has 2 unspecified atom stereocenters. The van der Waals surface area contributed by atoms with Crippen molar-refractivity contribution in [2.24, 2.45) is 11.8 Å². The van der Waals surface area contributed by atoms with E-state index in [0.717, 1.165) is 32.1 Å². The van der Waals surface area contributed by atoms with E-state index in [4.69, 9.17) is 0 Å². The second-order valence-electron chi connectivity index (χ2n) is 5.82. The molecule has 3 nitrogen and oxygen atoms in total. The van der Waals surface area contributed by atoms with Gasteiger partial charge in [-0.3, -0.25) is 4.79 Å². The quantitative estimate of drug-likeness (QED) is 0.567. The second-order valence-corrected chi connectivity index (χ2v) is 5.82. The summed E-state index contributed by atoms with van der Waals surface area (Å²) in [5, 5.41) is 3.46. The summed E-state index contributed by atoms with van der Waals surface area (Å²) in [6, 6.07) is 0. The third-order valence-electron chi connectivity index (χ3n) is 3.95. The highest BCUT2D eigenvalue weighted by molar-refractivity contribution is 5.76. The highest BCUT2D eigenvalue weighted by atomic mass is 16.2. The zero-order chi connectivity index (χ0) is 14.3. The van der Waals surface area contributed by atoms with Crippen molar-refractivity contribution in [1.82, 2.24) is 10.2 Å². The maximum absolute atomic E-state index is 11.8. The number of allylic oxidation sites excluding steroid dienone is 2. The van der Waals surface area contributed by atoms with Crippen molar-refractivity contribution in [2.75, 3.05) is 26.2 Å². The first-order valence-electron chi connectivity index (χ1n) is 7.72. The molecular formula is C16H30N2O. The molecule has 2 atom stereocenters. The maximum atomic E-state index is 11.8. The third kappa shape index (κ3) is 5.77. The number of nitrogens with one attached hydrogen (secondary N) is 1. The summed E-state index contributed by atoms with van der Waals surface area (Å²) in [4.78, 5) is 13.7. The number of carbonyl (C=O) groups excluding carboxylic acids is 1. The Hall–Kier alpha value is -0.830. The number of hydrogen-bond acceptors (Lipinski definition) is 2. The number of hydrogen-bond donors (Lipinski definition) is 1. The Morgan fingerprint density at radius 2 is 2.11 bits per heavy atom. The summed E-state index contributed by atoms with van der Waals surface area (Å²) < 4.78 is 0. The molecule has 0 saturated heterocycles. The molecule has 19 heavy (non-hydrogen) atoms. The van der Waals surface area contributed by atoms with Gasteiger partial charge in [-0.1, -0.05) is 18.6 Å². The van der Waals surface area contributed by atoms with Crippen LogP contribution in [-0.4, -0.2) is 37.0 Å². The van der Waals surface area contributed by atoms with E-state index in [1.807, 2.05) is 18.7 Å². The van der Waals surface area contributed by atoms with Crippen LogP contribution in [0.15, 0.2) is 11.6 Å². The fourth-order valence-corrected chi connectivity index (χ4v) is 3.08. The van der Waals surface area contributed by atoms with Gasteiger partial charge in [0.2, 0.25) is 5.91 Å². The van der Waals surface area contributed by atoms with Gasteiger partial charge >= 0.3 is 0 Å². The minimum Gasteiger partial charge on any atom is -0.343 e. The standard InChI is InChI=1S/C16H30N2O/c1-5-18(6-2)16(19)7-8-17-12-15-10-13(3)9-14(4)11-15/h9,13,15,17H,5-8,10-12H2,1-4H3. The lowest BCUT2D eigenvalue weighted by molar-refractivity contribution is -0.130. The average Bonchev–Trinajstić information content (AvgIpc) is 2.35. The van der Waals surface area contributed by atoms with Gasteiger partial charge in [0.15, 0.2) is 0 Å². The monoisotopic (exact) mass is 266 g/mol. The van der Waals surface area contributed by atoms with Crippen molar-refractivity contribution >= 4 is 5.91 Å². The van der Waals surface area contributed by atoms with E-state index in [2.05, 4.69) is 25.2 Å². The maximum Gasteiger partial charge on any atom is 0.223 e. The topological polar surface area (TPSA) is 32.3 Å². The van der Waals surface area contributed by atoms with Gasteiger partial charge in [-0.2, -0.15) is 0 Å². The molecule has 0 bridgehead atoms. The van der Waals surface area contributed by atoms with Gasteiger partial charge in [0.25, 0.3) is 0 Å². The molecule has 1 N–H and O–H groups in total. The van der Waals surface area contributed by atoms with E-state index >= 15 is 0 Å². The van der Waals surface area contributed by atoms with Gasteiger partial charge in [-0.25, -0.2) is 0 Å². The van der Waals surface area contributed by atoms with Crippen LogP contribution >= 0.6 is 0 Å². The molecule has 1 aliphatic rings. The molecule has 3 heteroatoms. The van der Waals surface area contributed by atoms with Crippen LogP contribution in [-0.2, 0) is 4.79 Å². The Morgan fingerprint density at radius 3 is 2.68 bits per heavy atom. The summed E-state index contributed by atoms with van der Waals surface area (Å²) in [6.07, 6.45) is 5.49. The van der Waals surface area contributed by atoms with E-state index in [1.54, 1.807) is 0 Å². The molecule has 0 aromatic rings. The van der Waals surface area contributed by atoms with Crippen LogP contribution in [0, 0.1) is 11.8 Å². The summed E-state index contributed by atoms with van der Waals surface area (Å²) in [7, 11) is 0. The van der Waals surface area contributed by atoms with Crippen LogP contribution in [0.5, 0.6) is 0 Å². The third-order valence-corrected chi connectivity index (χ3v) is 3.95. The van der Waals surface area contributed by atoms with Gasteiger partial charge in [0.05, 0.1) is 0 Å². The zero-order valence-corrected chi connectivity index (χ0v) is 13.0. The molecule has 0 aromatic heterocycles. The number of nitrogens with zero attached hydrogens (tertiary/aromatic N) is 1. The van der Waals surface area contributed by atoms with E-state index in [9.17, 15) is 4.79 Å². The molecule has 1 amide bonds. The lowest BCUT2D eigenvalue weighted by atomic mass is 9.84. The summed E-state index contributed by atoms with van der Waals surface area (Å²) in [6.45, 7) is 12.1. The van der Waals surface area contributed by atoms with Gasteiger partial charge in [-0.05, 0) is 52.0 Å². The first kappa shape index (κ1) is 16.2. The Balaban J connectivity index is 2.18. The normalized spacial score (nSPS) is 23.1. The predicted octanol–water partition coefficient (Wildman–Crippen LogP) is 2.83. The Labute approximate surface area is 118 Å². The van der Waals surface area contributed by atoms with Crippen LogP contribution < -0.4 is 5.32 Å². The van der Waals surface area contributed by atoms with Gasteiger partial charge in [0, 0.05) is 26.1 Å². The summed E-state index contributed by atoms with van der Waals surface area (Å²) >= 11 is 0. The van der Waals surface area contributed by atoms with Crippen LogP contribution in [0.1, 0.15) is 47.0 Å². The number of amides is 1. The molecule has 0 fully saturated rings. The lowest BCUT2D eigenvalue weighted by Crippen LogP contribution is -2.34. The molecule has 0 spiro atoms. The molecule has 0 aromatic carbocycles. The molecule has 1 rings (SSSR count). The lowest BCUT2D eigenvalue weighted by Gasteiger charge is -2.26. The summed E-state index contributed by atoms with van der Waals surface area (Å²) in [5.41, 5.74) is 1.52. The van der Waals surface area contributed by atoms with E-state index in [1.165, 1.54) is 18.4 Å². The van der Waals surface area contributed by atoms with Crippen molar-refractivity contribution in [3.05, 3.63) is 11.6 Å².